The van der Waals surface area contributed by atoms with Crippen LogP contribution in [0.25, 0.3) is 0 Å². The Morgan fingerprint density at radius 3 is 2.44 bits per heavy atom. The molecule has 90 valence electrons. The van der Waals surface area contributed by atoms with Crippen LogP contribution in [0.2, 0.25) is 0 Å². The van der Waals surface area contributed by atoms with Crippen LogP contribution in [-0.2, 0) is 24.5 Å². The van der Waals surface area contributed by atoms with Gasteiger partial charge in [0.1, 0.15) is 5.75 Å². The van der Waals surface area contributed by atoms with Crippen LogP contribution in [0.15, 0.2) is 16.1 Å². The molecule has 16 heavy (non-hydrogen) atoms. The summed E-state index contributed by atoms with van der Waals surface area (Å²) in [4.78, 5) is 13.8. The molecule has 0 amide bonds. The summed E-state index contributed by atoms with van der Waals surface area (Å²) in [6.45, 7) is 1.36. The third kappa shape index (κ3) is 2.67. The molecular formula is C7H9NO6S2. The van der Waals surface area contributed by atoms with Crippen molar-refractivity contribution in [3.63, 3.8) is 0 Å². The van der Waals surface area contributed by atoms with E-state index >= 15 is 0 Å². The average Bonchev–Trinajstić information content (AvgIpc) is 2.42. The molecular weight excluding hydrogens is 258 g/mol. The summed E-state index contributed by atoms with van der Waals surface area (Å²) in [6, 6.07) is 0. The van der Waals surface area contributed by atoms with Crippen LogP contribution in [-0.4, -0.2) is 44.5 Å². The van der Waals surface area contributed by atoms with E-state index in [0.717, 1.165) is 0 Å². The van der Waals surface area contributed by atoms with Crippen molar-refractivity contribution in [2.24, 2.45) is 4.99 Å². The number of carboxylic acids is 1. The summed E-state index contributed by atoms with van der Waals surface area (Å²) in [5, 5.41) is 8.35. The van der Waals surface area contributed by atoms with Gasteiger partial charge in [0.25, 0.3) is 0 Å². The molecule has 1 heterocycles. The van der Waals surface area contributed by atoms with Crippen molar-refractivity contribution in [2.75, 3.05) is 11.5 Å². The lowest BCUT2D eigenvalue weighted by Crippen LogP contribution is -2.22. The smallest absolute Gasteiger partial charge is 0.355 e. The summed E-state index contributed by atoms with van der Waals surface area (Å²) in [6.07, 6.45) is 0. The van der Waals surface area contributed by atoms with Crippen molar-refractivity contribution in [1.29, 1.82) is 0 Å². The molecule has 1 aliphatic heterocycles. The van der Waals surface area contributed by atoms with Gasteiger partial charge in [-0.2, -0.15) is 0 Å². The van der Waals surface area contributed by atoms with Gasteiger partial charge in [0.2, 0.25) is 9.84 Å². The number of hydrogen-bond acceptors (Lipinski definition) is 6. The van der Waals surface area contributed by atoms with Gasteiger partial charge in [-0.05, 0) is 0 Å². The molecule has 0 aromatic carbocycles. The minimum absolute atomic E-state index is 0.232. The minimum atomic E-state index is -4.00. The van der Waals surface area contributed by atoms with E-state index in [1.165, 1.54) is 6.92 Å². The van der Waals surface area contributed by atoms with Crippen molar-refractivity contribution >= 4 is 30.7 Å². The van der Waals surface area contributed by atoms with Crippen molar-refractivity contribution in [1.82, 2.24) is 0 Å². The molecule has 0 fully saturated rings. The minimum Gasteiger partial charge on any atom is -0.476 e. The van der Waals surface area contributed by atoms with Crippen LogP contribution in [0.3, 0.4) is 0 Å². The van der Waals surface area contributed by atoms with Crippen LogP contribution in [0, 0.1) is 0 Å². The molecule has 7 nitrogen and oxygen atoms in total. The highest BCUT2D eigenvalue weighted by atomic mass is 32.2. The van der Waals surface area contributed by atoms with Gasteiger partial charge in [0.05, 0.1) is 5.41 Å². The predicted molar refractivity (Wildman–Crippen MR) is 56.4 cm³/mol. The normalized spacial score (nSPS) is 19.1. The second-order valence-electron chi connectivity index (χ2n) is 3.04. The molecule has 1 aliphatic rings. The van der Waals surface area contributed by atoms with Crippen molar-refractivity contribution in [3.8, 4) is 0 Å². The maximum Gasteiger partial charge on any atom is 0.355 e. The first-order valence-corrected chi connectivity index (χ1v) is 7.53. The standard InChI is InChI=1S/C7H9NO6S2/c1-2-15(11,12)4-6-8-5(7(9)10)3-16(6,13)14/h3H,2,4H2,1H3,(H,9,10). The summed E-state index contributed by atoms with van der Waals surface area (Å²) in [5.74, 6) is -2.50. The lowest BCUT2D eigenvalue weighted by molar-refractivity contribution is -0.132. The molecule has 0 saturated heterocycles. The quantitative estimate of drug-likeness (QED) is 0.710. The Hall–Kier alpha value is -1.22. The average molecular weight is 267 g/mol. The number of nitrogens with zero attached hydrogens (tertiary/aromatic N) is 1. The molecule has 0 bridgehead atoms. The van der Waals surface area contributed by atoms with Gasteiger partial charge in [-0.25, -0.2) is 26.6 Å². The number of hydrogen-bond donors (Lipinski definition) is 1. The van der Waals surface area contributed by atoms with E-state index in [1.54, 1.807) is 0 Å². The van der Waals surface area contributed by atoms with Gasteiger partial charge in [0.15, 0.2) is 20.6 Å². The van der Waals surface area contributed by atoms with Gasteiger partial charge in [-0.15, -0.1) is 0 Å². The van der Waals surface area contributed by atoms with Crippen LogP contribution >= 0.6 is 0 Å². The highest BCUT2D eigenvalue weighted by Crippen LogP contribution is 2.16. The van der Waals surface area contributed by atoms with E-state index in [9.17, 15) is 21.6 Å². The molecule has 1 N–H and O–H groups in total. The summed E-state index contributed by atoms with van der Waals surface area (Å²) in [7, 11) is -7.56. The van der Waals surface area contributed by atoms with E-state index in [1.807, 2.05) is 0 Å². The zero-order chi connectivity index (χ0) is 12.6. The Kier molecular flexibility index (Phi) is 3.20. The second kappa shape index (κ2) is 3.98. The first kappa shape index (κ1) is 12.8. The van der Waals surface area contributed by atoms with Crippen LogP contribution in [0.4, 0.5) is 0 Å². The van der Waals surface area contributed by atoms with E-state index in [0.29, 0.717) is 5.41 Å². The first-order chi connectivity index (χ1) is 7.18. The fourth-order valence-corrected chi connectivity index (χ4v) is 3.59. The van der Waals surface area contributed by atoms with E-state index in [2.05, 4.69) is 4.99 Å². The largest absolute Gasteiger partial charge is 0.476 e. The number of sulfone groups is 2. The maximum atomic E-state index is 11.3. The topological polar surface area (TPSA) is 118 Å². The molecule has 0 saturated carbocycles. The van der Waals surface area contributed by atoms with Gasteiger partial charge in [-0.1, -0.05) is 6.92 Å². The fraction of sp³-hybridized carbons (Fsp3) is 0.429. The molecule has 0 aromatic rings. The van der Waals surface area contributed by atoms with Crippen LogP contribution in [0.5, 0.6) is 0 Å². The predicted octanol–water partition coefficient (Wildman–Crippen LogP) is -0.826. The van der Waals surface area contributed by atoms with E-state index in [-0.39, 0.29) is 5.75 Å². The van der Waals surface area contributed by atoms with Gasteiger partial charge >= 0.3 is 5.97 Å². The highest BCUT2D eigenvalue weighted by molar-refractivity contribution is 8.11. The van der Waals surface area contributed by atoms with Crippen LogP contribution in [0.1, 0.15) is 6.92 Å². The zero-order valence-corrected chi connectivity index (χ0v) is 9.88. The molecule has 0 aromatic heterocycles. The Bertz CT molecular complexity index is 580. The van der Waals surface area contributed by atoms with E-state index < -0.39 is 42.1 Å². The number of aliphatic imine (C=N–C) groups is 1. The van der Waals surface area contributed by atoms with Crippen molar-refractivity contribution < 1.29 is 26.7 Å². The van der Waals surface area contributed by atoms with E-state index in [4.69, 9.17) is 5.11 Å². The fourth-order valence-electron chi connectivity index (χ4n) is 0.942. The summed E-state index contributed by atoms with van der Waals surface area (Å²) in [5.41, 5.74) is -0.665. The lowest BCUT2D eigenvalue weighted by atomic mass is 10.5. The SMILES string of the molecule is CCS(=O)(=O)CC1=NC(C(=O)O)=CS1(=O)=O. The van der Waals surface area contributed by atoms with Gasteiger partial charge < -0.3 is 5.11 Å². The Morgan fingerprint density at radius 2 is 2.06 bits per heavy atom. The summed E-state index contributed by atoms with van der Waals surface area (Å²) < 4.78 is 45.1. The number of aliphatic carboxylic acids is 1. The monoisotopic (exact) mass is 267 g/mol. The molecule has 0 atom stereocenters. The van der Waals surface area contributed by atoms with Crippen molar-refractivity contribution in [3.05, 3.63) is 11.1 Å². The Morgan fingerprint density at radius 1 is 1.50 bits per heavy atom. The van der Waals surface area contributed by atoms with Crippen LogP contribution < -0.4 is 0 Å². The Labute approximate surface area is 92.3 Å². The number of rotatable bonds is 4. The lowest BCUT2D eigenvalue weighted by Gasteiger charge is -1.99. The third-order valence-corrected chi connectivity index (χ3v) is 5.04. The molecule has 0 unspecified atom stereocenters. The number of carboxylic acid groups (broad SMARTS) is 1. The Balaban J connectivity index is 3.12. The zero-order valence-electron chi connectivity index (χ0n) is 8.24. The molecule has 0 spiro atoms. The molecule has 9 heteroatoms. The molecule has 0 aliphatic carbocycles. The highest BCUT2D eigenvalue weighted by Gasteiger charge is 2.31. The molecule has 1 rings (SSSR count). The number of carbonyl (C=O) groups is 1. The first-order valence-electron chi connectivity index (χ1n) is 4.16. The second-order valence-corrected chi connectivity index (χ2v) is 7.19. The maximum absolute atomic E-state index is 11.3. The summed E-state index contributed by atoms with van der Waals surface area (Å²) >= 11 is 0. The molecule has 0 radical (unpaired) electrons. The van der Waals surface area contributed by atoms with Gasteiger partial charge in [0, 0.05) is 5.75 Å². The third-order valence-electron chi connectivity index (χ3n) is 1.84. The van der Waals surface area contributed by atoms with Gasteiger partial charge in [-0.3, -0.25) is 0 Å². The van der Waals surface area contributed by atoms with Crippen molar-refractivity contribution in [2.45, 2.75) is 6.92 Å².